The molecule has 0 spiro atoms. The Morgan fingerprint density at radius 1 is 1.44 bits per heavy atom. The van der Waals surface area contributed by atoms with Crippen molar-refractivity contribution in [2.75, 3.05) is 15.8 Å². The van der Waals surface area contributed by atoms with Crippen molar-refractivity contribution in [3.63, 3.8) is 0 Å². The number of amides is 1. The SMILES string of the molecule is CCS(=O)(=O)Nc1ccc2c(c1)NC(=O)C(C)O2. The summed E-state index contributed by atoms with van der Waals surface area (Å²) in [6, 6.07) is 4.75. The Labute approximate surface area is 105 Å². The highest BCUT2D eigenvalue weighted by Gasteiger charge is 2.23. The molecule has 2 rings (SSSR count). The lowest BCUT2D eigenvalue weighted by Crippen LogP contribution is -2.34. The van der Waals surface area contributed by atoms with Gasteiger partial charge in [0.05, 0.1) is 17.1 Å². The monoisotopic (exact) mass is 270 g/mol. The van der Waals surface area contributed by atoms with Crippen LogP contribution in [0.3, 0.4) is 0 Å². The zero-order valence-electron chi connectivity index (χ0n) is 10.1. The Morgan fingerprint density at radius 2 is 2.17 bits per heavy atom. The first-order valence-electron chi connectivity index (χ1n) is 5.53. The first-order chi connectivity index (χ1) is 8.41. The van der Waals surface area contributed by atoms with Gasteiger partial charge in [0.1, 0.15) is 5.75 Å². The maximum Gasteiger partial charge on any atom is 0.265 e. The summed E-state index contributed by atoms with van der Waals surface area (Å²) in [7, 11) is -3.33. The summed E-state index contributed by atoms with van der Waals surface area (Å²) in [5.74, 6) is 0.267. The van der Waals surface area contributed by atoms with Crippen molar-refractivity contribution in [1.82, 2.24) is 0 Å². The third-order valence-corrected chi connectivity index (χ3v) is 3.87. The van der Waals surface area contributed by atoms with Crippen LogP contribution in [-0.4, -0.2) is 26.2 Å². The molecule has 18 heavy (non-hydrogen) atoms. The number of hydrogen-bond donors (Lipinski definition) is 2. The van der Waals surface area contributed by atoms with Crippen LogP contribution in [-0.2, 0) is 14.8 Å². The lowest BCUT2D eigenvalue weighted by Gasteiger charge is -2.23. The fraction of sp³-hybridized carbons (Fsp3) is 0.364. The highest BCUT2D eigenvalue weighted by molar-refractivity contribution is 7.92. The molecule has 1 aromatic carbocycles. The van der Waals surface area contributed by atoms with Crippen LogP contribution in [0.4, 0.5) is 11.4 Å². The molecule has 1 aliphatic rings. The molecule has 6 nitrogen and oxygen atoms in total. The minimum Gasteiger partial charge on any atom is -0.479 e. The summed E-state index contributed by atoms with van der Waals surface area (Å²) < 4.78 is 30.6. The number of anilines is 2. The fourth-order valence-electron chi connectivity index (χ4n) is 1.52. The summed E-state index contributed by atoms with van der Waals surface area (Å²) in [6.45, 7) is 3.19. The third kappa shape index (κ3) is 2.56. The molecule has 0 radical (unpaired) electrons. The zero-order valence-corrected chi connectivity index (χ0v) is 10.9. The highest BCUT2D eigenvalue weighted by atomic mass is 32.2. The Morgan fingerprint density at radius 3 is 2.83 bits per heavy atom. The predicted octanol–water partition coefficient (Wildman–Crippen LogP) is 1.17. The Balaban J connectivity index is 2.28. The molecular formula is C11H14N2O4S. The molecule has 0 saturated heterocycles. The smallest absolute Gasteiger partial charge is 0.265 e. The molecule has 7 heteroatoms. The second kappa shape index (κ2) is 4.49. The topological polar surface area (TPSA) is 84.5 Å². The first kappa shape index (κ1) is 12.7. The molecule has 1 heterocycles. The molecular weight excluding hydrogens is 256 g/mol. The van der Waals surface area contributed by atoms with E-state index in [1.165, 1.54) is 6.07 Å². The van der Waals surface area contributed by atoms with Crippen molar-refractivity contribution in [3.05, 3.63) is 18.2 Å². The van der Waals surface area contributed by atoms with Gasteiger partial charge in [0.2, 0.25) is 10.0 Å². The largest absolute Gasteiger partial charge is 0.479 e. The van der Waals surface area contributed by atoms with E-state index in [4.69, 9.17) is 4.74 Å². The lowest BCUT2D eigenvalue weighted by molar-refractivity contribution is -0.122. The number of benzene rings is 1. The molecule has 0 bridgehead atoms. The van der Waals surface area contributed by atoms with Crippen LogP contribution in [0.5, 0.6) is 5.75 Å². The Hall–Kier alpha value is -1.76. The molecule has 1 aromatic rings. The number of fused-ring (bicyclic) bond motifs is 1. The van der Waals surface area contributed by atoms with E-state index >= 15 is 0 Å². The van der Waals surface area contributed by atoms with Crippen molar-refractivity contribution in [2.24, 2.45) is 0 Å². The maximum atomic E-state index is 11.4. The number of hydrogen-bond acceptors (Lipinski definition) is 4. The average molecular weight is 270 g/mol. The van der Waals surface area contributed by atoms with E-state index in [0.29, 0.717) is 17.1 Å². The minimum atomic E-state index is -3.33. The second-order valence-electron chi connectivity index (χ2n) is 3.97. The van der Waals surface area contributed by atoms with Crippen LogP contribution in [0.15, 0.2) is 18.2 Å². The van der Waals surface area contributed by atoms with Gasteiger partial charge in [-0.05, 0) is 32.0 Å². The van der Waals surface area contributed by atoms with E-state index in [2.05, 4.69) is 10.0 Å². The number of rotatable bonds is 3. The summed E-state index contributed by atoms with van der Waals surface area (Å²) in [4.78, 5) is 11.4. The number of nitrogens with one attached hydrogen (secondary N) is 2. The second-order valence-corrected chi connectivity index (χ2v) is 5.98. The minimum absolute atomic E-state index is 0.00994. The van der Waals surface area contributed by atoms with E-state index in [0.717, 1.165) is 0 Å². The van der Waals surface area contributed by atoms with Gasteiger partial charge in [-0.2, -0.15) is 0 Å². The van der Waals surface area contributed by atoms with Gasteiger partial charge in [-0.25, -0.2) is 8.42 Å². The van der Waals surface area contributed by atoms with Gasteiger partial charge in [-0.1, -0.05) is 0 Å². The molecule has 0 aromatic heterocycles. The normalized spacial score (nSPS) is 18.6. The number of carbonyl (C=O) groups is 1. The summed E-state index contributed by atoms with van der Waals surface area (Å²) in [5, 5.41) is 2.66. The number of carbonyl (C=O) groups excluding carboxylic acids is 1. The van der Waals surface area contributed by atoms with Gasteiger partial charge in [0, 0.05) is 0 Å². The molecule has 1 aliphatic heterocycles. The van der Waals surface area contributed by atoms with Gasteiger partial charge in [-0.3, -0.25) is 9.52 Å². The van der Waals surface area contributed by atoms with Crippen molar-refractivity contribution < 1.29 is 17.9 Å². The average Bonchev–Trinajstić information content (AvgIpc) is 2.31. The predicted molar refractivity (Wildman–Crippen MR) is 68.2 cm³/mol. The molecule has 0 fully saturated rings. The first-order valence-corrected chi connectivity index (χ1v) is 7.18. The quantitative estimate of drug-likeness (QED) is 0.863. The van der Waals surface area contributed by atoms with Gasteiger partial charge < -0.3 is 10.1 Å². The van der Waals surface area contributed by atoms with E-state index in [9.17, 15) is 13.2 Å². The Bertz CT molecular complexity index is 583. The molecule has 1 atom stereocenters. The zero-order chi connectivity index (χ0) is 13.3. The molecule has 2 N–H and O–H groups in total. The van der Waals surface area contributed by atoms with Crippen LogP contribution >= 0.6 is 0 Å². The fourth-order valence-corrected chi connectivity index (χ4v) is 2.15. The molecule has 0 aliphatic carbocycles. The molecule has 98 valence electrons. The van der Waals surface area contributed by atoms with E-state index < -0.39 is 16.1 Å². The number of sulfonamides is 1. The Kier molecular flexibility index (Phi) is 3.16. The molecule has 1 amide bonds. The third-order valence-electron chi connectivity index (χ3n) is 2.56. The maximum absolute atomic E-state index is 11.4. The van der Waals surface area contributed by atoms with Crippen LogP contribution in [0.2, 0.25) is 0 Å². The summed E-state index contributed by atoms with van der Waals surface area (Å²) in [5.41, 5.74) is 0.864. The highest BCUT2D eigenvalue weighted by Crippen LogP contribution is 2.32. The van der Waals surface area contributed by atoms with E-state index in [1.807, 2.05) is 0 Å². The molecule has 0 saturated carbocycles. The van der Waals surface area contributed by atoms with E-state index in [1.54, 1.807) is 26.0 Å². The molecule has 1 unspecified atom stereocenters. The summed E-state index contributed by atoms with van der Waals surface area (Å²) in [6.07, 6.45) is -0.546. The van der Waals surface area contributed by atoms with Crippen molar-refractivity contribution in [3.8, 4) is 5.75 Å². The van der Waals surface area contributed by atoms with Gasteiger partial charge in [0.15, 0.2) is 6.10 Å². The summed E-state index contributed by atoms with van der Waals surface area (Å²) >= 11 is 0. The van der Waals surface area contributed by atoms with Crippen molar-refractivity contribution in [2.45, 2.75) is 20.0 Å². The standard InChI is InChI=1S/C11H14N2O4S/c1-3-18(15,16)13-8-4-5-10-9(6-8)12-11(14)7(2)17-10/h4-7,13H,3H2,1-2H3,(H,12,14). The van der Waals surface area contributed by atoms with Crippen LogP contribution < -0.4 is 14.8 Å². The lowest BCUT2D eigenvalue weighted by atomic mass is 10.2. The van der Waals surface area contributed by atoms with Gasteiger partial charge in [0.25, 0.3) is 5.91 Å². The number of ether oxygens (including phenoxy) is 1. The van der Waals surface area contributed by atoms with E-state index in [-0.39, 0.29) is 11.7 Å². The van der Waals surface area contributed by atoms with Crippen LogP contribution in [0, 0.1) is 0 Å². The van der Waals surface area contributed by atoms with Crippen LogP contribution in [0.25, 0.3) is 0 Å². The van der Waals surface area contributed by atoms with Crippen LogP contribution in [0.1, 0.15) is 13.8 Å². The van der Waals surface area contributed by atoms with Gasteiger partial charge >= 0.3 is 0 Å². The van der Waals surface area contributed by atoms with Crippen molar-refractivity contribution >= 4 is 27.3 Å². The van der Waals surface area contributed by atoms with Gasteiger partial charge in [-0.15, -0.1) is 0 Å². The van der Waals surface area contributed by atoms with Crippen molar-refractivity contribution in [1.29, 1.82) is 0 Å².